The van der Waals surface area contributed by atoms with Gasteiger partial charge in [-0.15, -0.1) is 0 Å². The van der Waals surface area contributed by atoms with Gasteiger partial charge < -0.3 is 4.74 Å². The molecule has 1 aromatic carbocycles. The average Bonchev–Trinajstić information content (AvgIpc) is 2.32. The summed E-state index contributed by atoms with van der Waals surface area (Å²) in [5, 5.41) is 0. The Bertz CT molecular complexity index is 724. The standard InChI is InChI=1S/C11H6BrClFNO3S/c12-8-6-7(14)3-4-9(8)18-11-10(19(13,16)17)2-1-5-15-11/h1-6H. The molecule has 0 bridgehead atoms. The maximum atomic E-state index is 12.9. The van der Waals surface area contributed by atoms with Gasteiger partial charge in [-0.05, 0) is 46.3 Å². The van der Waals surface area contributed by atoms with E-state index in [0.717, 1.165) is 0 Å². The lowest BCUT2D eigenvalue weighted by Gasteiger charge is -2.09. The van der Waals surface area contributed by atoms with E-state index in [4.69, 9.17) is 15.4 Å². The number of hydrogen-bond acceptors (Lipinski definition) is 4. The molecule has 0 saturated carbocycles. The zero-order valence-corrected chi connectivity index (χ0v) is 12.3. The van der Waals surface area contributed by atoms with Crippen molar-refractivity contribution in [1.29, 1.82) is 0 Å². The van der Waals surface area contributed by atoms with Gasteiger partial charge in [-0.25, -0.2) is 17.8 Å². The van der Waals surface area contributed by atoms with Gasteiger partial charge >= 0.3 is 0 Å². The number of pyridine rings is 1. The van der Waals surface area contributed by atoms with Crippen molar-refractivity contribution in [2.45, 2.75) is 4.90 Å². The van der Waals surface area contributed by atoms with Gasteiger partial charge in [-0.1, -0.05) is 0 Å². The number of hydrogen-bond donors (Lipinski definition) is 0. The minimum atomic E-state index is -3.98. The summed E-state index contributed by atoms with van der Waals surface area (Å²) in [4.78, 5) is 3.55. The maximum Gasteiger partial charge on any atom is 0.266 e. The fourth-order valence-electron chi connectivity index (χ4n) is 1.30. The van der Waals surface area contributed by atoms with E-state index in [-0.39, 0.29) is 16.5 Å². The molecule has 0 N–H and O–H groups in total. The minimum absolute atomic E-state index is 0.176. The van der Waals surface area contributed by atoms with Gasteiger partial charge in [0.2, 0.25) is 5.88 Å². The van der Waals surface area contributed by atoms with Crippen LogP contribution in [0.3, 0.4) is 0 Å². The number of nitrogens with zero attached hydrogens (tertiary/aromatic N) is 1. The van der Waals surface area contributed by atoms with Crippen LogP contribution in [0.15, 0.2) is 45.9 Å². The SMILES string of the molecule is O=S(=O)(Cl)c1cccnc1Oc1ccc(F)cc1Br. The van der Waals surface area contributed by atoms with Crippen molar-refractivity contribution < 1.29 is 17.5 Å². The van der Waals surface area contributed by atoms with Crippen LogP contribution in [-0.4, -0.2) is 13.4 Å². The second-order valence-corrected chi connectivity index (χ2v) is 6.81. The third-order valence-electron chi connectivity index (χ3n) is 2.10. The molecule has 0 aliphatic heterocycles. The maximum absolute atomic E-state index is 12.9. The van der Waals surface area contributed by atoms with Gasteiger partial charge in [0.25, 0.3) is 9.05 Å². The molecule has 100 valence electrons. The highest BCUT2D eigenvalue weighted by Gasteiger charge is 2.19. The Labute approximate surface area is 121 Å². The van der Waals surface area contributed by atoms with E-state index in [1.807, 2.05) is 0 Å². The lowest BCUT2D eigenvalue weighted by atomic mass is 10.3. The van der Waals surface area contributed by atoms with E-state index < -0.39 is 14.9 Å². The Balaban J connectivity index is 2.44. The van der Waals surface area contributed by atoms with E-state index in [2.05, 4.69) is 20.9 Å². The van der Waals surface area contributed by atoms with Crippen molar-refractivity contribution in [3.8, 4) is 11.6 Å². The summed E-state index contributed by atoms with van der Waals surface area (Å²) in [6.07, 6.45) is 1.36. The van der Waals surface area contributed by atoms with Gasteiger partial charge in [-0.2, -0.15) is 0 Å². The number of halogens is 3. The molecular formula is C11H6BrClFNO3S. The number of ether oxygens (including phenoxy) is 1. The van der Waals surface area contributed by atoms with Crippen molar-refractivity contribution in [3.05, 3.63) is 46.8 Å². The molecular weight excluding hydrogens is 361 g/mol. The Morgan fingerprint density at radius 1 is 1.32 bits per heavy atom. The van der Waals surface area contributed by atoms with E-state index in [1.54, 1.807) is 0 Å². The highest BCUT2D eigenvalue weighted by atomic mass is 79.9. The predicted molar refractivity (Wildman–Crippen MR) is 71.4 cm³/mol. The first-order valence-corrected chi connectivity index (χ1v) is 8.01. The first kappa shape index (κ1) is 14.2. The summed E-state index contributed by atoms with van der Waals surface area (Å²) in [7, 11) is 1.30. The fourth-order valence-corrected chi connectivity index (χ4v) is 2.63. The van der Waals surface area contributed by atoms with Crippen molar-refractivity contribution in [3.63, 3.8) is 0 Å². The first-order valence-electron chi connectivity index (χ1n) is 4.90. The number of benzene rings is 1. The van der Waals surface area contributed by atoms with Crippen LogP contribution in [0.25, 0.3) is 0 Å². The normalized spacial score (nSPS) is 11.3. The van der Waals surface area contributed by atoms with Gasteiger partial charge in [0.1, 0.15) is 16.5 Å². The molecule has 0 fully saturated rings. The molecule has 0 aliphatic rings. The summed E-state index contributed by atoms with van der Waals surface area (Å²) in [6.45, 7) is 0. The molecule has 2 aromatic rings. The van der Waals surface area contributed by atoms with Gasteiger partial charge in [0, 0.05) is 16.9 Å². The molecule has 0 amide bonds. The minimum Gasteiger partial charge on any atom is -0.436 e. The predicted octanol–water partition coefficient (Wildman–Crippen LogP) is 3.70. The quantitative estimate of drug-likeness (QED) is 0.777. The number of rotatable bonds is 3. The molecule has 0 atom stereocenters. The van der Waals surface area contributed by atoms with Crippen LogP contribution >= 0.6 is 26.6 Å². The molecule has 2 rings (SSSR count). The van der Waals surface area contributed by atoms with E-state index >= 15 is 0 Å². The third-order valence-corrected chi connectivity index (χ3v) is 4.05. The monoisotopic (exact) mass is 365 g/mol. The summed E-state index contributed by atoms with van der Waals surface area (Å²) in [6, 6.07) is 6.40. The second-order valence-electron chi connectivity index (χ2n) is 3.42. The smallest absolute Gasteiger partial charge is 0.266 e. The molecule has 4 nitrogen and oxygen atoms in total. The fraction of sp³-hybridized carbons (Fsp3) is 0. The molecule has 8 heteroatoms. The molecule has 0 aliphatic carbocycles. The Morgan fingerprint density at radius 2 is 2.05 bits per heavy atom. The summed E-state index contributed by atoms with van der Waals surface area (Å²) in [5.41, 5.74) is 0. The van der Waals surface area contributed by atoms with Crippen LogP contribution < -0.4 is 4.74 Å². The topological polar surface area (TPSA) is 56.3 Å². The van der Waals surface area contributed by atoms with Crippen molar-refractivity contribution in [2.24, 2.45) is 0 Å². The zero-order chi connectivity index (χ0) is 14.0. The van der Waals surface area contributed by atoms with E-state index in [9.17, 15) is 12.8 Å². The number of aromatic nitrogens is 1. The largest absolute Gasteiger partial charge is 0.436 e. The van der Waals surface area contributed by atoms with Gasteiger partial charge in [0.15, 0.2) is 0 Å². The molecule has 19 heavy (non-hydrogen) atoms. The highest BCUT2D eigenvalue weighted by molar-refractivity contribution is 9.10. The first-order chi connectivity index (χ1) is 8.88. The van der Waals surface area contributed by atoms with Crippen LogP contribution in [0.1, 0.15) is 0 Å². The molecule has 0 unspecified atom stereocenters. The van der Waals surface area contributed by atoms with Crippen LogP contribution in [0, 0.1) is 5.82 Å². The summed E-state index contributed by atoms with van der Waals surface area (Å²) >= 11 is 3.10. The second kappa shape index (κ2) is 5.44. The Hall–Kier alpha value is -1.18. The molecule has 0 spiro atoms. The van der Waals surface area contributed by atoms with E-state index in [1.165, 1.54) is 36.5 Å². The van der Waals surface area contributed by atoms with E-state index in [0.29, 0.717) is 4.47 Å². The molecule has 0 radical (unpaired) electrons. The molecule has 0 saturated heterocycles. The Morgan fingerprint density at radius 3 is 2.68 bits per heavy atom. The highest BCUT2D eigenvalue weighted by Crippen LogP contribution is 2.33. The lowest BCUT2D eigenvalue weighted by molar-refractivity contribution is 0.443. The summed E-state index contributed by atoms with van der Waals surface area (Å²) < 4.78 is 41.3. The summed E-state index contributed by atoms with van der Waals surface area (Å²) in [5.74, 6) is -0.406. The molecule has 1 aromatic heterocycles. The van der Waals surface area contributed by atoms with Crippen molar-refractivity contribution in [2.75, 3.05) is 0 Å². The van der Waals surface area contributed by atoms with Gasteiger partial charge in [0.05, 0.1) is 4.47 Å². The van der Waals surface area contributed by atoms with Gasteiger partial charge in [-0.3, -0.25) is 0 Å². The third kappa shape index (κ3) is 3.43. The molecule has 1 heterocycles. The van der Waals surface area contributed by atoms with Crippen molar-refractivity contribution in [1.82, 2.24) is 4.98 Å². The lowest BCUT2D eigenvalue weighted by Crippen LogP contribution is -1.98. The zero-order valence-electron chi connectivity index (χ0n) is 9.18. The Kier molecular flexibility index (Phi) is 4.07. The van der Waals surface area contributed by atoms with Crippen LogP contribution in [0.2, 0.25) is 0 Å². The van der Waals surface area contributed by atoms with Crippen LogP contribution in [0.4, 0.5) is 4.39 Å². The van der Waals surface area contributed by atoms with Crippen molar-refractivity contribution >= 4 is 35.7 Å². The van der Waals surface area contributed by atoms with Crippen LogP contribution in [-0.2, 0) is 9.05 Å². The van der Waals surface area contributed by atoms with Crippen LogP contribution in [0.5, 0.6) is 11.6 Å². The average molecular weight is 367 g/mol.